The Hall–Kier alpha value is -1.95. The predicted octanol–water partition coefficient (Wildman–Crippen LogP) is 5.56. The maximum Gasteiger partial charge on any atom is 0.207 e. The van der Waals surface area contributed by atoms with Gasteiger partial charge in [0.2, 0.25) is 5.78 Å². The first kappa shape index (κ1) is 15.9. The molecule has 7 heteroatoms. The second-order valence-corrected chi connectivity index (χ2v) is 6.53. The number of thiazole rings is 1. The second kappa shape index (κ2) is 6.66. The zero-order valence-electron chi connectivity index (χ0n) is 11.5. The molecule has 0 aliphatic carbocycles. The number of aromatic nitrogens is 1. The lowest BCUT2D eigenvalue weighted by Crippen LogP contribution is -2.01. The highest BCUT2D eigenvalue weighted by molar-refractivity contribution is 7.17. The van der Waals surface area contributed by atoms with Crippen LogP contribution in [0.4, 0.5) is 15.2 Å². The fourth-order valence-corrected chi connectivity index (χ4v) is 3.28. The van der Waals surface area contributed by atoms with E-state index in [0.29, 0.717) is 25.7 Å². The summed E-state index contributed by atoms with van der Waals surface area (Å²) < 4.78 is 13.7. The van der Waals surface area contributed by atoms with Gasteiger partial charge in [0.1, 0.15) is 5.82 Å². The zero-order chi connectivity index (χ0) is 16.4. The topological polar surface area (TPSA) is 42.0 Å². The van der Waals surface area contributed by atoms with Gasteiger partial charge in [-0.15, -0.1) is 0 Å². The van der Waals surface area contributed by atoms with Gasteiger partial charge in [0, 0.05) is 15.7 Å². The number of hydrogen-bond donors (Lipinski definition) is 1. The van der Waals surface area contributed by atoms with Crippen molar-refractivity contribution in [2.45, 2.75) is 0 Å². The Morgan fingerprint density at radius 3 is 2.52 bits per heavy atom. The summed E-state index contributed by atoms with van der Waals surface area (Å²) in [6.45, 7) is 0. The molecule has 0 fully saturated rings. The summed E-state index contributed by atoms with van der Waals surface area (Å²) in [6.07, 6.45) is 1.41. The quantitative estimate of drug-likeness (QED) is 0.614. The summed E-state index contributed by atoms with van der Waals surface area (Å²) in [7, 11) is 0. The summed E-state index contributed by atoms with van der Waals surface area (Å²) >= 11 is 13.0. The van der Waals surface area contributed by atoms with Crippen LogP contribution in [0.25, 0.3) is 0 Å². The van der Waals surface area contributed by atoms with Crippen LogP contribution < -0.4 is 5.32 Å². The molecule has 0 aliphatic heterocycles. The van der Waals surface area contributed by atoms with Gasteiger partial charge in [-0.05, 0) is 30.3 Å². The Bertz CT molecular complexity index is 862. The van der Waals surface area contributed by atoms with E-state index < -0.39 is 11.6 Å². The normalized spacial score (nSPS) is 10.6. The third kappa shape index (κ3) is 3.69. The molecule has 1 aromatic heterocycles. The van der Waals surface area contributed by atoms with Gasteiger partial charge in [-0.2, -0.15) is 0 Å². The Labute approximate surface area is 145 Å². The number of benzene rings is 2. The molecule has 2 aromatic carbocycles. The first-order chi connectivity index (χ1) is 11.0. The van der Waals surface area contributed by atoms with Crippen LogP contribution in [0.2, 0.25) is 10.0 Å². The minimum Gasteiger partial charge on any atom is -0.331 e. The van der Waals surface area contributed by atoms with E-state index in [2.05, 4.69) is 10.3 Å². The molecule has 1 heterocycles. The number of rotatable bonds is 4. The highest BCUT2D eigenvalue weighted by Gasteiger charge is 2.16. The minimum atomic E-state index is -0.554. The number of carbonyl (C=O) groups is 1. The molecule has 23 heavy (non-hydrogen) atoms. The van der Waals surface area contributed by atoms with Gasteiger partial charge in [-0.1, -0.05) is 46.7 Å². The van der Waals surface area contributed by atoms with Crippen LogP contribution in [0.1, 0.15) is 15.2 Å². The number of nitrogens with one attached hydrogen (secondary N) is 1. The maximum atomic E-state index is 13.7. The lowest BCUT2D eigenvalue weighted by Gasteiger charge is -2.03. The van der Waals surface area contributed by atoms with Crippen molar-refractivity contribution in [3.8, 4) is 0 Å². The molecule has 1 N–H and O–H groups in total. The fraction of sp³-hybridized carbons (Fsp3) is 0. The number of anilines is 2. The molecule has 116 valence electrons. The molecule has 0 amide bonds. The molecular weight excluding hydrogens is 358 g/mol. The molecule has 0 radical (unpaired) electrons. The molecule has 0 unspecified atom stereocenters. The molecule has 3 nitrogen and oxygen atoms in total. The Morgan fingerprint density at radius 1 is 1.13 bits per heavy atom. The summed E-state index contributed by atoms with van der Waals surface area (Å²) in [5.74, 6) is -0.959. The van der Waals surface area contributed by atoms with Gasteiger partial charge in [0.15, 0.2) is 5.13 Å². The van der Waals surface area contributed by atoms with Crippen molar-refractivity contribution in [1.29, 1.82) is 0 Å². The number of hydrogen-bond acceptors (Lipinski definition) is 4. The fourth-order valence-electron chi connectivity index (χ4n) is 1.96. The van der Waals surface area contributed by atoms with Crippen LogP contribution in [0, 0.1) is 5.82 Å². The molecule has 0 bridgehead atoms. The first-order valence-electron chi connectivity index (χ1n) is 6.51. The molecule has 0 saturated heterocycles. The van der Waals surface area contributed by atoms with E-state index in [4.69, 9.17) is 23.2 Å². The van der Waals surface area contributed by atoms with Crippen molar-refractivity contribution in [2.75, 3.05) is 5.32 Å². The highest BCUT2D eigenvalue weighted by Crippen LogP contribution is 2.28. The van der Waals surface area contributed by atoms with Gasteiger partial charge in [0.25, 0.3) is 0 Å². The van der Waals surface area contributed by atoms with Crippen molar-refractivity contribution in [3.63, 3.8) is 0 Å². The van der Waals surface area contributed by atoms with E-state index in [0.717, 1.165) is 11.3 Å². The van der Waals surface area contributed by atoms with Gasteiger partial charge in [-0.3, -0.25) is 4.79 Å². The average molecular weight is 367 g/mol. The van der Waals surface area contributed by atoms with E-state index in [9.17, 15) is 9.18 Å². The van der Waals surface area contributed by atoms with E-state index >= 15 is 0 Å². The lowest BCUT2D eigenvalue weighted by atomic mass is 10.1. The Kier molecular flexibility index (Phi) is 4.61. The number of ketones is 1. The van der Waals surface area contributed by atoms with Crippen LogP contribution in [-0.4, -0.2) is 10.8 Å². The van der Waals surface area contributed by atoms with Crippen LogP contribution in [-0.2, 0) is 0 Å². The average Bonchev–Trinajstić information content (AvgIpc) is 2.94. The van der Waals surface area contributed by atoms with Crippen LogP contribution >= 0.6 is 34.5 Å². The standard InChI is InChI=1S/C16H9Cl2FN2OS/c17-9-5-10(18)7-11(6-9)21-16-20-8-14(23-16)15(22)12-3-1-2-4-13(12)19/h1-8H,(H,20,21). The Morgan fingerprint density at radius 2 is 1.83 bits per heavy atom. The molecule has 0 atom stereocenters. The minimum absolute atomic E-state index is 0.0218. The van der Waals surface area contributed by atoms with Crippen LogP contribution in [0.3, 0.4) is 0 Å². The Balaban J connectivity index is 1.83. The van der Waals surface area contributed by atoms with Crippen LogP contribution in [0.15, 0.2) is 48.7 Å². The molecule has 3 rings (SSSR count). The SMILES string of the molecule is O=C(c1cnc(Nc2cc(Cl)cc(Cl)c2)s1)c1ccccc1F. The van der Waals surface area contributed by atoms with Crippen molar-refractivity contribution < 1.29 is 9.18 Å². The zero-order valence-corrected chi connectivity index (χ0v) is 13.8. The van der Waals surface area contributed by atoms with E-state index in [1.165, 1.54) is 24.4 Å². The molecule has 0 aliphatic rings. The van der Waals surface area contributed by atoms with Crippen molar-refractivity contribution >= 4 is 51.1 Å². The molecular formula is C16H9Cl2FN2OS. The third-order valence-electron chi connectivity index (χ3n) is 2.96. The van der Waals surface area contributed by atoms with E-state index in [-0.39, 0.29) is 5.56 Å². The monoisotopic (exact) mass is 366 g/mol. The summed E-state index contributed by atoms with van der Waals surface area (Å²) in [6, 6.07) is 10.8. The van der Waals surface area contributed by atoms with E-state index in [1.54, 1.807) is 24.3 Å². The first-order valence-corrected chi connectivity index (χ1v) is 8.08. The number of carbonyl (C=O) groups excluding carboxylic acids is 1. The lowest BCUT2D eigenvalue weighted by molar-refractivity contribution is 0.103. The van der Waals surface area contributed by atoms with Gasteiger partial charge in [0.05, 0.1) is 16.6 Å². The summed E-state index contributed by atoms with van der Waals surface area (Å²) in [5.41, 5.74) is 0.676. The van der Waals surface area contributed by atoms with Gasteiger partial charge in [-0.25, -0.2) is 9.37 Å². The smallest absolute Gasteiger partial charge is 0.207 e. The van der Waals surface area contributed by atoms with E-state index in [1.807, 2.05) is 0 Å². The van der Waals surface area contributed by atoms with Gasteiger partial charge >= 0.3 is 0 Å². The highest BCUT2D eigenvalue weighted by atomic mass is 35.5. The number of halogens is 3. The summed E-state index contributed by atoms with van der Waals surface area (Å²) in [5, 5.41) is 4.48. The van der Waals surface area contributed by atoms with Crippen molar-refractivity contribution in [3.05, 3.63) is 75.0 Å². The van der Waals surface area contributed by atoms with Gasteiger partial charge < -0.3 is 5.32 Å². The maximum absolute atomic E-state index is 13.7. The largest absolute Gasteiger partial charge is 0.331 e. The van der Waals surface area contributed by atoms with Crippen LogP contribution in [0.5, 0.6) is 0 Å². The molecule has 0 spiro atoms. The number of nitrogens with zero attached hydrogens (tertiary/aromatic N) is 1. The van der Waals surface area contributed by atoms with Crippen molar-refractivity contribution in [1.82, 2.24) is 4.98 Å². The summed E-state index contributed by atoms with van der Waals surface area (Å²) in [4.78, 5) is 16.8. The third-order valence-corrected chi connectivity index (χ3v) is 4.31. The second-order valence-electron chi connectivity index (χ2n) is 4.62. The molecule has 3 aromatic rings. The molecule has 0 saturated carbocycles. The van der Waals surface area contributed by atoms with Crippen molar-refractivity contribution in [2.24, 2.45) is 0 Å². The predicted molar refractivity (Wildman–Crippen MR) is 91.7 cm³/mol.